The molecule has 0 aliphatic carbocycles. The molecule has 1 N–H and O–H groups in total. The van der Waals surface area contributed by atoms with Crippen molar-refractivity contribution in [3.8, 4) is 0 Å². The summed E-state index contributed by atoms with van der Waals surface area (Å²) in [4.78, 5) is 14.5. The first kappa shape index (κ1) is 16.2. The van der Waals surface area contributed by atoms with Crippen LogP contribution in [0.25, 0.3) is 0 Å². The molecule has 5 heteroatoms. The van der Waals surface area contributed by atoms with Crippen LogP contribution in [-0.2, 0) is 11.3 Å². The van der Waals surface area contributed by atoms with Crippen molar-refractivity contribution in [1.82, 2.24) is 10.2 Å². The van der Waals surface area contributed by atoms with E-state index in [1.165, 1.54) is 6.07 Å². The molecule has 0 bridgehead atoms. The largest absolute Gasteiger partial charge is 0.341 e. The lowest BCUT2D eigenvalue weighted by molar-refractivity contribution is -0.142. The summed E-state index contributed by atoms with van der Waals surface area (Å²) in [6.45, 7) is 5.85. The van der Waals surface area contributed by atoms with Crippen molar-refractivity contribution in [2.75, 3.05) is 20.1 Å². The Balaban J connectivity index is 2.20. The second kappa shape index (κ2) is 6.32. The van der Waals surface area contributed by atoms with Gasteiger partial charge in [0.1, 0.15) is 5.82 Å². The van der Waals surface area contributed by atoms with Crippen molar-refractivity contribution in [3.63, 3.8) is 0 Å². The number of hydrogen-bond donors (Lipinski definition) is 1. The van der Waals surface area contributed by atoms with Gasteiger partial charge < -0.3 is 10.2 Å². The van der Waals surface area contributed by atoms with E-state index in [0.29, 0.717) is 17.1 Å². The molecule has 1 aromatic carbocycles. The van der Waals surface area contributed by atoms with Crippen LogP contribution >= 0.6 is 11.6 Å². The molecule has 3 nitrogen and oxygen atoms in total. The van der Waals surface area contributed by atoms with Crippen LogP contribution in [0.1, 0.15) is 25.8 Å². The number of carbonyl (C=O) groups is 1. The van der Waals surface area contributed by atoms with E-state index in [9.17, 15) is 9.18 Å². The van der Waals surface area contributed by atoms with Gasteiger partial charge in [-0.15, -0.1) is 0 Å². The van der Waals surface area contributed by atoms with Crippen LogP contribution in [0.15, 0.2) is 18.2 Å². The molecule has 1 atom stereocenters. The van der Waals surface area contributed by atoms with E-state index >= 15 is 0 Å². The number of halogens is 2. The smallest absolute Gasteiger partial charge is 0.230 e. The predicted octanol–water partition coefficient (Wildman–Crippen LogP) is 3.07. The van der Waals surface area contributed by atoms with Gasteiger partial charge in [-0.25, -0.2) is 4.39 Å². The lowest BCUT2D eigenvalue weighted by atomic mass is 9.75. The average molecular weight is 313 g/mol. The van der Waals surface area contributed by atoms with Gasteiger partial charge in [-0.2, -0.15) is 0 Å². The van der Waals surface area contributed by atoms with Crippen molar-refractivity contribution in [3.05, 3.63) is 34.6 Å². The fraction of sp³-hybridized carbons (Fsp3) is 0.562. The molecule has 21 heavy (non-hydrogen) atoms. The highest BCUT2D eigenvalue weighted by molar-refractivity contribution is 6.31. The Bertz CT molecular complexity index is 507. The fourth-order valence-corrected chi connectivity index (χ4v) is 3.23. The SMILES string of the molecule is CC(C)C1(C(=O)N(C)Cc2c(F)cccc2Cl)CCNC1. The van der Waals surface area contributed by atoms with E-state index in [1.54, 1.807) is 24.1 Å². The number of benzene rings is 1. The van der Waals surface area contributed by atoms with Crippen LogP contribution in [0, 0.1) is 17.2 Å². The Hall–Kier alpha value is -1.13. The second-order valence-corrected chi connectivity index (χ2v) is 6.51. The second-order valence-electron chi connectivity index (χ2n) is 6.10. The first-order chi connectivity index (χ1) is 9.88. The zero-order chi connectivity index (χ0) is 15.6. The molecule has 1 aliphatic rings. The quantitative estimate of drug-likeness (QED) is 0.926. The summed E-state index contributed by atoms with van der Waals surface area (Å²) >= 11 is 6.04. The molecule has 0 radical (unpaired) electrons. The molecule has 0 saturated carbocycles. The molecule has 1 aliphatic heterocycles. The number of nitrogens with zero attached hydrogens (tertiary/aromatic N) is 1. The first-order valence-electron chi connectivity index (χ1n) is 7.27. The lowest BCUT2D eigenvalue weighted by Gasteiger charge is -2.35. The molecule has 0 aromatic heterocycles. The zero-order valence-electron chi connectivity index (χ0n) is 12.7. The third-order valence-electron chi connectivity index (χ3n) is 4.52. The maximum Gasteiger partial charge on any atom is 0.230 e. The van der Waals surface area contributed by atoms with Crippen molar-refractivity contribution in [2.24, 2.45) is 11.3 Å². The van der Waals surface area contributed by atoms with Gasteiger partial charge in [0.05, 0.1) is 5.41 Å². The molecular weight excluding hydrogens is 291 g/mol. The standard InChI is InChI=1S/C16H22ClFN2O/c1-11(2)16(7-8-19-10-16)15(21)20(3)9-12-13(17)5-4-6-14(12)18/h4-6,11,19H,7-10H2,1-3H3. The van der Waals surface area contributed by atoms with E-state index in [1.807, 2.05) is 0 Å². The Morgan fingerprint density at radius 3 is 2.76 bits per heavy atom. The maximum atomic E-state index is 13.9. The van der Waals surface area contributed by atoms with E-state index in [-0.39, 0.29) is 24.2 Å². The van der Waals surface area contributed by atoms with Crippen molar-refractivity contribution in [2.45, 2.75) is 26.8 Å². The van der Waals surface area contributed by atoms with E-state index in [0.717, 1.165) is 13.0 Å². The van der Waals surface area contributed by atoms with Gasteiger partial charge in [0.25, 0.3) is 0 Å². The third kappa shape index (κ3) is 3.06. The normalized spacial score (nSPS) is 21.8. The predicted molar refractivity (Wildman–Crippen MR) is 82.6 cm³/mol. The summed E-state index contributed by atoms with van der Waals surface area (Å²) in [6.07, 6.45) is 0.818. The number of carbonyl (C=O) groups excluding carboxylic acids is 1. The Morgan fingerprint density at radius 2 is 2.24 bits per heavy atom. The minimum absolute atomic E-state index is 0.0572. The van der Waals surface area contributed by atoms with E-state index in [4.69, 9.17) is 11.6 Å². The summed E-state index contributed by atoms with van der Waals surface area (Å²) in [5.74, 6) is -0.0781. The minimum Gasteiger partial charge on any atom is -0.341 e. The maximum absolute atomic E-state index is 13.9. The lowest BCUT2D eigenvalue weighted by Crippen LogP contribution is -2.46. The summed E-state index contributed by atoms with van der Waals surface area (Å²) in [5, 5.41) is 3.63. The summed E-state index contributed by atoms with van der Waals surface area (Å²) in [5.41, 5.74) is -0.0215. The third-order valence-corrected chi connectivity index (χ3v) is 4.88. The highest BCUT2D eigenvalue weighted by Gasteiger charge is 2.45. The Morgan fingerprint density at radius 1 is 1.52 bits per heavy atom. The molecule has 1 saturated heterocycles. The number of amides is 1. The van der Waals surface area contributed by atoms with Crippen LogP contribution in [0.2, 0.25) is 5.02 Å². The first-order valence-corrected chi connectivity index (χ1v) is 7.65. The van der Waals surface area contributed by atoms with Gasteiger partial charge in [-0.05, 0) is 31.0 Å². The molecule has 1 heterocycles. The van der Waals surface area contributed by atoms with Crippen LogP contribution in [0.5, 0.6) is 0 Å². The molecule has 1 fully saturated rings. The Labute approximate surface area is 130 Å². The fourth-order valence-electron chi connectivity index (χ4n) is 3.01. The molecular formula is C16H22ClFN2O. The zero-order valence-corrected chi connectivity index (χ0v) is 13.5. The van der Waals surface area contributed by atoms with Gasteiger partial charge in [-0.3, -0.25) is 4.79 Å². The molecule has 116 valence electrons. The highest BCUT2D eigenvalue weighted by Crippen LogP contribution is 2.36. The Kier molecular flexibility index (Phi) is 4.89. The van der Waals surface area contributed by atoms with Crippen molar-refractivity contribution >= 4 is 17.5 Å². The summed E-state index contributed by atoms with van der Waals surface area (Å²) in [7, 11) is 1.72. The topological polar surface area (TPSA) is 32.3 Å². The van der Waals surface area contributed by atoms with Gasteiger partial charge in [0.2, 0.25) is 5.91 Å². The molecule has 1 unspecified atom stereocenters. The van der Waals surface area contributed by atoms with Crippen LogP contribution < -0.4 is 5.32 Å². The van der Waals surface area contributed by atoms with E-state index in [2.05, 4.69) is 19.2 Å². The number of rotatable bonds is 4. The van der Waals surface area contributed by atoms with E-state index < -0.39 is 5.41 Å². The van der Waals surface area contributed by atoms with Crippen LogP contribution in [-0.4, -0.2) is 30.9 Å². The highest BCUT2D eigenvalue weighted by atomic mass is 35.5. The monoisotopic (exact) mass is 312 g/mol. The van der Waals surface area contributed by atoms with Gasteiger partial charge in [0.15, 0.2) is 0 Å². The van der Waals surface area contributed by atoms with Gasteiger partial charge in [-0.1, -0.05) is 31.5 Å². The number of hydrogen-bond acceptors (Lipinski definition) is 2. The summed E-state index contributed by atoms with van der Waals surface area (Å²) < 4.78 is 13.9. The van der Waals surface area contributed by atoms with Gasteiger partial charge in [0, 0.05) is 30.7 Å². The molecule has 1 aromatic rings. The van der Waals surface area contributed by atoms with Gasteiger partial charge >= 0.3 is 0 Å². The molecule has 2 rings (SSSR count). The summed E-state index contributed by atoms with van der Waals surface area (Å²) in [6, 6.07) is 4.59. The molecule has 0 spiro atoms. The average Bonchev–Trinajstić information content (AvgIpc) is 2.92. The van der Waals surface area contributed by atoms with Crippen LogP contribution in [0.4, 0.5) is 4.39 Å². The van der Waals surface area contributed by atoms with Crippen LogP contribution in [0.3, 0.4) is 0 Å². The number of nitrogens with one attached hydrogen (secondary N) is 1. The minimum atomic E-state index is -0.396. The van der Waals surface area contributed by atoms with Crippen molar-refractivity contribution in [1.29, 1.82) is 0 Å². The molecule has 1 amide bonds. The van der Waals surface area contributed by atoms with Crippen molar-refractivity contribution < 1.29 is 9.18 Å².